The minimum absolute atomic E-state index is 0.111. The molecule has 6 nitrogen and oxygen atoms in total. The second-order valence-corrected chi connectivity index (χ2v) is 5.28. The Morgan fingerprint density at radius 1 is 1.43 bits per heavy atom. The molecule has 2 N–H and O–H groups in total. The van der Waals surface area contributed by atoms with E-state index in [1.165, 1.54) is 0 Å². The number of nitrogens with one attached hydrogen (secondary N) is 1. The molecule has 0 heterocycles. The van der Waals surface area contributed by atoms with Crippen molar-refractivity contribution in [2.75, 3.05) is 25.0 Å². The Balaban J connectivity index is 2.91. The normalized spacial score (nSPS) is 11.1. The van der Waals surface area contributed by atoms with E-state index in [0.717, 1.165) is 12.1 Å². The van der Waals surface area contributed by atoms with Gasteiger partial charge in [0.25, 0.3) is 5.69 Å². The molecule has 0 fully saturated rings. The van der Waals surface area contributed by atoms with Crippen LogP contribution in [-0.2, 0) is 6.54 Å². The van der Waals surface area contributed by atoms with Crippen LogP contribution in [0, 0.1) is 10.1 Å². The summed E-state index contributed by atoms with van der Waals surface area (Å²) in [6, 6.07) is 5.64. The maximum Gasteiger partial charge on any atom is 0.292 e. The number of hydrogen-bond donors (Lipinski definition) is 2. The van der Waals surface area contributed by atoms with E-state index in [0.29, 0.717) is 31.2 Å². The number of benzene rings is 1. The minimum atomic E-state index is -0.352. The summed E-state index contributed by atoms with van der Waals surface area (Å²) in [6.07, 6.45) is 0.704. The van der Waals surface area contributed by atoms with Gasteiger partial charge in [0, 0.05) is 38.3 Å². The molecule has 0 amide bonds. The molecule has 0 spiro atoms. The van der Waals surface area contributed by atoms with Gasteiger partial charge in [-0.05, 0) is 38.8 Å². The van der Waals surface area contributed by atoms with Crippen molar-refractivity contribution in [2.45, 2.75) is 39.8 Å². The molecule has 6 heteroatoms. The number of rotatable bonds is 9. The Morgan fingerprint density at radius 2 is 2.14 bits per heavy atom. The molecular formula is C15H25N3O3. The molecule has 21 heavy (non-hydrogen) atoms. The third-order valence-corrected chi connectivity index (χ3v) is 3.35. The van der Waals surface area contributed by atoms with Crippen molar-refractivity contribution in [1.29, 1.82) is 0 Å². The van der Waals surface area contributed by atoms with E-state index in [-0.39, 0.29) is 17.2 Å². The summed E-state index contributed by atoms with van der Waals surface area (Å²) in [5, 5.41) is 23.1. The summed E-state index contributed by atoms with van der Waals surface area (Å²) in [6.45, 7) is 8.30. The third kappa shape index (κ3) is 5.32. The van der Waals surface area contributed by atoms with E-state index in [4.69, 9.17) is 5.11 Å². The standard InChI is InChI=1S/C15H25N3O3/c1-4-16-14-7-6-13(10-15(14)18(20)21)11-17(12(2)3)8-5-9-19/h6-7,10,12,16,19H,4-5,8-9,11H2,1-3H3. The number of nitro groups is 1. The van der Waals surface area contributed by atoms with Gasteiger partial charge in [-0.25, -0.2) is 0 Å². The molecular weight excluding hydrogens is 270 g/mol. The smallest absolute Gasteiger partial charge is 0.292 e. The quantitative estimate of drug-likeness (QED) is 0.541. The molecule has 1 aromatic rings. The fourth-order valence-corrected chi connectivity index (χ4v) is 2.19. The van der Waals surface area contributed by atoms with E-state index >= 15 is 0 Å². The van der Waals surface area contributed by atoms with Crippen LogP contribution in [0.2, 0.25) is 0 Å². The first-order valence-electron chi connectivity index (χ1n) is 7.35. The van der Waals surface area contributed by atoms with Crippen LogP contribution >= 0.6 is 0 Å². The van der Waals surface area contributed by atoms with Gasteiger partial charge in [-0.2, -0.15) is 0 Å². The van der Waals surface area contributed by atoms with Crippen molar-refractivity contribution in [3.8, 4) is 0 Å². The van der Waals surface area contributed by atoms with Gasteiger partial charge in [0.05, 0.1) is 4.92 Å². The summed E-state index contributed by atoms with van der Waals surface area (Å²) in [5.74, 6) is 0. The number of hydrogen-bond acceptors (Lipinski definition) is 5. The lowest BCUT2D eigenvalue weighted by atomic mass is 10.1. The molecule has 1 rings (SSSR count). The third-order valence-electron chi connectivity index (χ3n) is 3.35. The Kier molecular flexibility index (Phi) is 7.11. The van der Waals surface area contributed by atoms with Gasteiger partial charge in [0.2, 0.25) is 0 Å². The largest absolute Gasteiger partial charge is 0.396 e. The number of aliphatic hydroxyl groups is 1. The maximum absolute atomic E-state index is 11.2. The summed E-state index contributed by atoms with van der Waals surface area (Å²) in [5.41, 5.74) is 1.58. The Hall–Kier alpha value is -1.66. The Morgan fingerprint density at radius 3 is 2.67 bits per heavy atom. The predicted molar refractivity (Wildman–Crippen MR) is 84.5 cm³/mol. The van der Waals surface area contributed by atoms with Crippen molar-refractivity contribution in [3.05, 3.63) is 33.9 Å². The second kappa shape index (κ2) is 8.59. The van der Waals surface area contributed by atoms with E-state index in [1.54, 1.807) is 12.1 Å². The molecule has 0 bridgehead atoms. The molecule has 0 unspecified atom stereocenters. The highest BCUT2D eigenvalue weighted by molar-refractivity contribution is 5.62. The van der Waals surface area contributed by atoms with Gasteiger partial charge >= 0.3 is 0 Å². The molecule has 1 aromatic carbocycles. The number of nitro benzene ring substituents is 1. The molecule has 0 aromatic heterocycles. The highest BCUT2D eigenvalue weighted by atomic mass is 16.6. The van der Waals surface area contributed by atoms with Gasteiger partial charge in [-0.1, -0.05) is 6.07 Å². The molecule has 0 aliphatic carbocycles. The van der Waals surface area contributed by atoms with Crippen molar-refractivity contribution >= 4 is 11.4 Å². The van der Waals surface area contributed by atoms with Crippen LogP contribution in [0.25, 0.3) is 0 Å². The Bertz CT molecular complexity index is 463. The lowest BCUT2D eigenvalue weighted by Gasteiger charge is -2.26. The molecule has 0 saturated carbocycles. The van der Waals surface area contributed by atoms with Crippen molar-refractivity contribution in [3.63, 3.8) is 0 Å². The van der Waals surface area contributed by atoms with E-state index in [9.17, 15) is 10.1 Å². The van der Waals surface area contributed by atoms with Crippen LogP contribution in [0.15, 0.2) is 18.2 Å². The van der Waals surface area contributed by atoms with Crippen LogP contribution in [-0.4, -0.2) is 40.7 Å². The molecule has 0 radical (unpaired) electrons. The van der Waals surface area contributed by atoms with Crippen LogP contribution in [0.3, 0.4) is 0 Å². The fraction of sp³-hybridized carbons (Fsp3) is 0.600. The van der Waals surface area contributed by atoms with Crippen molar-refractivity contribution in [1.82, 2.24) is 4.90 Å². The van der Waals surface area contributed by atoms with Crippen LogP contribution < -0.4 is 5.32 Å². The van der Waals surface area contributed by atoms with Gasteiger partial charge in [0.15, 0.2) is 0 Å². The zero-order valence-corrected chi connectivity index (χ0v) is 13.0. The van der Waals surface area contributed by atoms with Crippen LogP contribution in [0.1, 0.15) is 32.8 Å². The molecule has 0 atom stereocenters. The molecule has 118 valence electrons. The summed E-state index contributed by atoms with van der Waals surface area (Å²) in [7, 11) is 0. The van der Waals surface area contributed by atoms with Crippen molar-refractivity contribution < 1.29 is 10.0 Å². The average molecular weight is 295 g/mol. The van der Waals surface area contributed by atoms with E-state index in [1.807, 2.05) is 13.0 Å². The zero-order chi connectivity index (χ0) is 15.8. The van der Waals surface area contributed by atoms with Crippen LogP contribution in [0.5, 0.6) is 0 Å². The molecule has 0 saturated heterocycles. The number of anilines is 1. The minimum Gasteiger partial charge on any atom is -0.396 e. The highest BCUT2D eigenvalue weighted by Crippen LogP contribution is 2.26. The van der Waals surface area contributed by atoms with Gasteiger partial charge in [0.1, 0.15) is 5.69 Å². The molecule has 0 aliphatic heterocycles. The SMILES string of the molecule is CCNc1ccc(CN(CCCO)C(C)C)cc1[N+](=O)[O-]. The van der Waals surface area contributed by atoms with E-state index < -0.39 is 0 Å². The number of nitrogens with zero attached hydrogens (tertiary/aromatic N) is 2. The fourth-order valence-electron chi connectivity index (χ4n) is 2.19. The predicted octanol–water partition coefficient (Wildman–Crippen LogP) is 2.62. The topological polar surface area (TPSA) is 78.6 Å². The Labute approximate surface area is 125 Å². The molecule has 0 aliphatic rings. The van der Waals surface area contributed by atoms with Gasteiger partial charge in [-0.15, -0.1) is 0 Å². The summed E-state index contributed by atoms with van der Waals surface area (Å²) < 4.78 is 0. The lowest BCUT2D eigenvalue weighted by molar-refractivity contribution is -0.384. The van der Waals surface area contributed by atoms with Gasteiger partial charge < -0.3 is 10.4 Å². The first-order valence-corrected chi connectivity index (χ1v) is 7.35. The zero-order valence-electron chi connectivity index (χ0n) is 13.0. The summed E-state index contributed by atoms with van der Waals surface area (Å²) >= 11 is 0. The van der Waals surface area contributed by atoms with Crippen LogP contribution in [0.4, 0.5) is 11.4 Å². The lowest BCUT2D eigenvalue weighted by Crippen LogP contribution is -2.31. The van der Waals surface area contributed by atoms with Gasteiger partial charge in [-0.3, -0.25) is 15.0 Å². The van der Waals surface area contributed by atoms with E-state index in [2.05, 4.69) is 24.1 Å². The first-order chi connectivity index (χ1) is 9.99. The highest BCUT2D eigenvalue weighted by Gasteiger charge is 2.16. The maximum atomic E-state index is 11.2. The monoisotopic (exact) mass is 295 g/mol. The first kappa shape index (κ1) is 17.4. The number of aliphatic hydroxyl groups excluding tert-OH is 1. The second-order valence-electron chi connectivity index (χ2n) is 5.28. The van der Waals surface area contributed by atoms with Crippen molar-refractivity contribution in [2.24, 2.45) is 0 Å². The average Bonchev–Trinajstić information content (AvgIpc) is 2.44. The summed E-state index contributed by atoms with van der Waals surface area (Å²) in [4.78, 5) is 13.0.